The zero-order valence-electron chi connectivity index (χ0n) is 7.23. The van der Waals surface area contributed by atoms with E-state index in [1.54, 1.807) is 13.1 Å². The Morgan fingerprint density at radius 2 is 2.69 bits per heavy atom. The van der Waals surface area contributed by atoms with Gasteiger partial charge in [0.2, 0.25) is 0 Å². The summed E-state index contributed by atoms with van der Waals surface area (Å²) in [6.45, 7) is 0. The second-order valence-corrected chi connectivity index (χ2v) is 3.22. The summed E-state index contributed by atoms with van der Waals surface area (Å²) in [6.07, 6.45) is 5.41. The monoisotopic (exact) mass is 180 g/mol. The molecule has 70 valence electrons. The third-order valence-electron chi connectivity index (χ3n) is 2.37. The molecule has 1 fully saturated rings. The number of carboxylic acid groups (broad SMARTS) is 1. The number of carboxylic acids is 1. The van der Waals surface area contributed by atoms with E-state index in [9.17, 15) is 4.79 Å². The van der Waals surface area contributed by atoms with Gasteiger partial charge in [-0.2, -0.15) is 5.70 Å². The Kier molecular flexibility index (Phi) is 1.66. The van der Waals surface area contributed by atoms with E-state index < -0.39 is 5.97 Å². The topological polar surface area (TPSA) is 63.9 Å². The van der Waals surface area contributed by atoms with Crippen LogP contribution in [0.1, 0.15) is 6.42 Å². The lowest BCUT2D eigenvalue weighted by Gasteiger charge is -2.17. The first-order valence-electron chi connectivity index (χ1n) is 4.07. The van der Waals surface area contributed by atoms with E-state index in [-0.39, 0.29) is 11.7 Å². The van der Waals surface area contributed by atoms with Crippen LogP contribution in [0.3, 0.4) is 0 Å². The Bertz CT molecular complexity index is 308. The van der Waals surface area contributed by atoms with Gasteiger partial charge >= 0.3 is 5.97 Å². The summed E-state index contributed by atoms with van der Waals surface area (Å²) < 4.78 is 5.34. The number of fused-ring (bicyclic) bond motifs is 1. The maximum atomic E-state index is 10.3. The Balaban J connectivity index is 2.02. The van der Waals surface area contributed by atoms with Gasteiger partial charge in [-0.25, -0.2) is 4.79 Å². The normalized spacial score (nSPS) is 35.8. The van der Waals surface area contributed by atoms with Crippen LogP contribution in [0.2, 0.25) is 0 Å². The Hall–Kier alpha value is -1.29. The summed E-state index contributed by atoms with van der Waals surface area (Å²) in [5.41, 5.74) is 0.610. The van der Waals surface area contributed by atoms with E-state index in [1.165, 1.54) is 0 Å². The highest BCUT2D eigenvalue weighted by Crippen LogP contribution is 2.50. The highest BCUT2D eigenvalue weighted by atomic mass is 16.6. The van der Waals surface area contributed by atoms with Crippen LogP contribution in [-0.2, 0) is 9.53 Å². The highest BCUT2D eigenvalue weighted by Gasteiger charge is 2.55. The first kappa shape index (κ1) is 8.31. The SMILES string of the molecule is C[N-]C1=CC2OC2(C=CC(=O)O)C1. The fraction of sp³-hybridized carbons (Fsp3) is 0.444. The fourth-order valence-corrected chi connectivity index (χ4v) is 1.60. The lowest BCUT2D eigenvalue weighted by atomic mass is 10.1. The van der Waals surface area contributed by atoms with Crippen molar-refractivity contribution in [2.75, 3.05) is 7.05 Å². The lowest BCUT2D eigenvalue weighted by Crippen LogP contribution is -2.07. The molecule has 2 atom stereocenters. The van der Waals surface area contributed by atoms with Crippen LogP contribution in [0.4, 0.5) is 0 Å². The molecule has 1 aliphatic heterocycles. The van der Waals surface area contributed by atoms with E-state index in [0.29, 0.717) is 6.42 Å². The molecule has 2 aliphatic rings. The molecule has 4 nitrogen and oxygen atoms in total. The van der Waals surface area contributed by atoms with E-state index in [2.05, 4.69) is 5.32 Å². The molecule has 2 rings (SSSR count). The van der Waals surface area contributed by atoms with Crippen LogP contribution in [0, 0.1) is 0 Å². The average Bonchev–Trinajstić information content (AvgIpc) is 2.66. The maximum absolute atomic E-state index is 10.3. The molecular weight excluding hydrogens is 170 g/mol. The number of epoxide rings is 1. The van der Waals surface area contributed by atoms with E-state index >= 15 is 0 Å². The molecular formula is C9H10NO3-. The van der Waals surface area contributed by atoms with E-state index in [0.717, 1.165) is 11.8 Å². The Morgan fingerprint density at radius 3 is 3.23 bits per heavy atom. The molecule has 4 heteroatoms. The zero-order valence-corrected chi connectivity index (χ0v) is 7.23. The average molecular weight is 180 g/mol. The molecule has 0 aromatic rings. The number of nitrogens with zero attached hydrogens (tertiary/aromatic N) is 1. The molecule has 0 amide bonds. The number of carbonyl (C=O) groups is 1. The molecule has 0 spiro atoms. The third-order valence-corrected chi connectivity index (χ3v) is 2.37. The first-order valence-corrected chi connectivity index (χ1v) is 4.07. The van der Waals surface area contributed by atoms with Crippen molar-refractivity contribution in [3.8, 4) is 0 Å². The Morgan fingerprint density at radius 1 is 1.92 bits per heavy atom. The van der Waals surface area contributed by atoms with Crippen molar-refractivity contribution in [2.45, 2.75) is 18.1 Å². The standard InChI is InChI=1S/C9H10NO3/c1-10-6-4-7-9(5-6,13-7)3-2-8(11)12/h2-4,7H,5H2,1H3,(H,11,12)/q-1. The second-order valence-electron chi connectivity index (χ2n) is 3.22. The summed E-state index contributed by atoms with van der Waals surface area (Å²) in [5.74, 6) is -0.939. The first-order chi connectivity index (χ1) is 6.16. The number of hydrogen-bond donors (Lipinski definition) is 1. The van der Waals surface area contributed by atoms with Gasteiger partial charge in [0.15, 0.2) is 0 Å². The molecule has 1 N–H and O–H groups in total. The van der Waals surface area contributed by atoms with E-state index in [1.807, 2.05) is 6.08 Å². The number of hydrogen-bond acceptors (Lipinski definition) is 2. The van der Waals surface area contributed by atoms with Crippen LogP contribution in [0.25, 0.3) is 5.32 Å². The maximum Gasteiger partial charge on any atom is 0.328 e. The molecule has 2 unspecified atom stereocenters. The predicted octanol–water partition coefficient (Wildman–Crippen LogP) is 1.06. The van der Waals surface area contributed by atoms with Crippen LogP contribution >= 0.6 is 0 Å². The van der Waals surface area contributed by atoms with Crippen molar-refractivity contribution in [3.63, 3.8) is 0 Å². The van der Waals surface area contributed by atoms with Gasteiger partial charge in [-0.05, 0) is 12.5 Å². The molecule has 13 heavy (non-hydrogen) atoms. The summed E-state index contributed by atoms with van der Waals surface area (Å²) in [5, 5.41) is 12.5. The van der Waals surface area contributed by atoms with Gasteiger partial charge in [0.25, 0.3) is 0 Å². The summed E-state index contributed by atoms with van der Waals surface area (Å²) in [6, 6.07) is 0. The van der Waals surface area contributed by atoms with Gasteiger partial charge < -0.3 is 15.2 Å². The second kappa shape index (κ2) is 2.60. The molecule has 1 heterocycles. The summed E-state index contributed by atoms with van der Waals surface area (Å²) >= 11 is 0. The van der Waals surface area contributed by atoms with Crippen molar-refractivity contribution in [1.29, 1.82) is 0 Å². The van der Waals surface area contributed by atoms with Crippen molar-refractivity contribution < 1.29 is 14.6 Å². The van der Waals surface area contributed by atoms with Crippen LogP contribution in [0.15, 0.2) is 23.9 Å². The smallest absolute Gasteiger partial charge is 0.328 e. The molecule has 0 aromatic heterocycles. The van der Waals surface area contributed by atoms with Gasteiger partial charge in [0.1, 0.15) is 11.7 Å². The van der Waals surface area contributed by atoms with Gasteiger partial charge in [-0.15, -0.1) is 7.05 Å². The minimum atomic E-state index is -0.939. The van der Waals surface area contributed by atoms with Gasteiger partial charge in [0.05, 0.1) is 0 Å². The van der Waals surface area contributed by atoms with Crippen molar-refractivity contribution in [3.05, 3.63) is 29.2 Å². The fourth-order valence-electron chi connectivity index (χ4n) is 1.60. The van der Waals surface area contributed by atoms with Crippen molar-refractivity contribution in [2.24, 2.45) is 0 Å². The molecule has 0 aromatic carbocycles. The van der Waals surface area contributed by atoms with Crippen LogP contribution < -0.4 is 0 Å². The number of aliphatic carboxylic acids is 1. The molecule has 0 bridgehead atoms. The zero-order chi connectivity index (χ0) is 9.47. The van der Waals surface area contributed by atoms with Crippen LogP contribution in [-0.4, -0.2) is 29.8 Å². The Labute approximate surface area is 75.9 Å². The summed E-state index contributed by atoms with van der Waals surface area (Å²) in [7, 11) is 1.73. The van der Waals surface area contributed by atoms with Gasteiger partial charge in [0, 0.05) is 6.08 Å². The lowest BCUT2D eigenvalue weighted by molar-refractivity contribution is -0.131. The predicted molar refractivity (Wildman–Crippen MR) is 46.4 cm³/mol. The van der Waals surface area contributed by atoms with Crippen LogP contribution in [0.5, 0.6) is 0 Å². The number of ether oxygens (including phenoxy) is 1. The molecule has 1 saturated heterocycles. The summed E-state index contributed by atoms with van der Waals surface area (Å²) in [4.78, 5) is 10.3. The highest BCUT2D eigenvalue weighted by molar-refractivity contribution is 5.80. The quantitative estimate of drug-likeness (QED) is 0.521. The molecule has 1 aliphatic carbocycles. The molecule has 0 radical (unpaired) electrons. The number of rotatable bonds is 3. The van der Waals surface area contributed by atoms with E-state index in [4.69, 9.17) is 9.84 Å². The largest absolute Gasteiger partial charge is 0.690 e. The van der Waals surface area contributed by atoms with Crippen molar-refractivity contribution in [1.82, 2.24) is 0 Å². The third kappa shape index (κ3) is 1.33. The van der Waals surface area contributed by atoms with Gasteiger partial charge in [-0.1, -0.05) is 6.08 Å². The van der Waals surface area contributed by atoms with Gasteiger partial charge in [-0.3, -0.25) is 0 Å². The van der Waals surface area contributed by atoms with Crippen molar-refractivity contribution >= 4 is 5.97 Å². The minimum absolute atomic E-state index is 0.0433. The minimum Gasteiger partial charge on any atom is -0.690 e. The molecule has 0 saturated carbocycles.